The van der Waals surface area contributed by atoms with Crippen LogP contribution >= 0.6 is 11.6 Å². The molecule has 0 spiro atoms. The van der Waals surface area contributed by atoms with Gasteiger partial charge in [-0.2, -0.15) is 0 Å². The molecule has 0 bridgehead atoms. The molecule has 0 amide bonds. The van der Waals surface area contributed by atoms with E-state index in [2.05, 4.69) is 18.3 Å². The van der Waals surface area contributed by atoms with E-state index in [-0.39, 0.29) is 0 Å². The maximum atomic E-state index is 6.02. The Labute approximate surface area is 153 Å². The summed E-state index contributed by atoms with van der Waals surface area (Å²) in [6.07, 6.45) is 5.11. The van der Waals surface area contributed by atoms with Crippen LogP contribution in [0.4, 0.5) is 5.82 Å². The van der Waals surface area contributed by atoms with Gasteiger partial charge in [0.15, 0.2) is 5.82 Å². The molecule has 2 aromatic carbocycles. The Hall–Kier alpha value is -2.13. The normalized spacial score (nSPS) is 20.6. The summed E-state index contributed by atoms with van der Waals surface area (Å²) in [6.45, 7) is 2.33. The molecular weight excluding hydrogens is 330 g/mol. The van der Waals surface area contributed by atoms with E-state index in [0.29, 0.717) is 12.0 Å². The number of rotatable bonds is 3. The van der Waals surface area contributed by atoms with E-state index in [0.717, 1.165) is 33.1 Å². The number of fused-ring (bicyclic) bond motifs is 1. The molecule has 1 fully saturated rings. The van der Waals surface area contributed by atoms with Crippen molar-refractivity contribution in [3.63, 3.8) is 0 Å². The fraction of sp³-hybridized carbons (Fsp3) is 0.333. The van der Waals surface area contributed by atoms with Gasteiger partial charge in [-0.15, -0.1) is 0 Å². The number of halogens is 1. The highest BCUT2D eigenvalue weighted by atomic mass is 35.5. The lowest BCUT2D eigenvalue weighted by Gasteiger charge is -2.30. The quantitative estimate of drug-likeness (QED) is 0.634. The van der Waals surface area contributed by atoms with Crippen LogP contribution in [0.1, 0.15) is 32.6 Å². The zero-order chi connectivity index (χ0) is 17.2. The summed E-state index contributed by atoms with van der Waals surface area (Å²) in [5.41, 5.74) is 1.95. The summed E-state index contributed by atoms with van der Waals surface area (Å²) in [7, 11) is 0. The van der Waals surface area contributed by atoms with Gasteiger partial charge in [0, 0.05) is 22.0 Å². The molecule has 4 heteroatoms. The van der Waals surface area contributed by atoms with E-state index in [1.54, 1.807) is 0 Å². The number of nitrogens with zero attached hydrogens (tertiary/aromatic N) is 2. The molecule has 1 saturated carbocycles. The number of nitrogens with one attached hydrogen (secondary N) is 1. The first-order valence-electron chi connectivity index (χ1n) is 9.00. The molecule has 4 rings (SSSR count). The van der Waals surface area contributed by atoms with Gasteiger partial charge in [-0.25, -0.2) is 9.97 Å². The van der Waals surface area contributed by atoms with E-state index < -0.39 is 0 Å². The molecule has 1 heterocycles. The van der Waals surface area contributed by atoms with Gasteiger partial charge in [-0.05, 0) is 55.2 Å². The lowest BCUT2D eigenvalue weighted by atomic mass is 9.86. The average Bonchev–Trinajstić information content (AvgIpc) is 2.64. The number of aromatic nitrogens is 2. The fourth-order valence-corrected chi connectivity index (χ4v) is 3.75. The second kappa shape index (κ2) is 7.01. The Morgan fingerprint density at radius 3 is 2.52 bits per heavy atom. The van der Waals surface area contributed by atoms with E-state index in [4.69, 9.17) is 21.6 Å². The molecule has 0 unspecified atom stereocenters. The van der Waals surface area contributed by atoms with Gasteiger partial charge < -0.3 is 5.32 Å². The summed E-state index contributed by atoms with van der Waals surface area (Å²) >= 11 is 6.02. The highest BCUT2D eigenvalue weighted by Crippen LogP contribution is 2.30. The Bertz CT molecular complexity index is 876. The molecule has 1 aromatic heterocycles. The molecule has 25 heavy (non-hydrogen) atoms. The van der Waals surface area contributed by atoms with Crippen molar-refractivity contribution in [3.05, 3.63) is 53.6 Å². The molecule has 0 aliphatic heterocycles. The molecule has 3 aromatic rings. The van der Waals surface area contributed by atoms with E-state index in [1.807, 2.05) is 42.5 Å². The zero-order valence-electron chi connectivity index (χ0n) is 14.4. The molecule has 2 atom stereocenters. The summed E-state index contributed by atoms with van der Waals surface area (Å²) in [4.78, 5) is 9.62. The van der Waals surface area contributed by atoms with Crippen LogP contribution < -0.4 is 5.32 Å². The molecule has 0 radical (unpaired) electrons. The lowest BCUT2D eigenvalue weighted by Crippen LogP contribution is -2.30. The van der Waals surface area contributed by atoms with Crippen LogP contribution in [0, 0.1) is 5.92 Å². The SMILES string of the molecule is C[C@@H]1CCCC[C@@H]1Nc1nc(-c2ccc(Cl)cc2)nc2ccccc12. The predicted molar refractivity (Wildman–Crippen MR) is 105 cm³/mol. The minimum absolute atomic E-state index is 0.477. The number of hydrogen-bond acceptors (Lipinski definition) is 3. The number of benzene rings is 2. The van der Waals surface area contributed by atoms with E-state index in [9.17, 15) is 0 Å². The number of para-hydroxylation sites is 1. The first-order chi connectivity index (χ1) is 12.2. The predicted octanol–water partition coefficient (Wildman–Crippen LogP) is 5.94. The topological polar surface area (TPSA) is 37.8 Å². The number of anilines is 1. The van der Waals surface area contributed by atoms with Gasteiger partial charge >= 0.3 is 0 Å². The first-order valence-corrected chi connectivity index (χ1v) is 9.38. The Kier molecular flexibility index (Phi) is 4.58. The van der Waals surface area contributed by atoms with Crippen molar-refractivity contribution in [2.24, 2.45) is 5.92 Å². The van der Waals surface area contributed by atoms with Crippen molar-refractivity contribution >= 4 is 28.3 Å². The maximum absolute atomic E-state index is 6.02. The maximum Gasteiger partial charge on any atom is 0.162 e. The van der Waals surface area contributed by atoms with E-state index in [1.165, 1.54) is 25.7 Å². The van der Waals surface area contributed by atoms with Gasteiger partial charge in [0.2, 0.25) is 0 Å². The smallest absolute Gasteiger partial charge is 0.162 e. The minimum atomic E-state index is 0.477. The largest absolute Gasteiger partial charge is 0.366 e. The van der Waals surface area contributed by atoms with E-state index >= 15 is 0 Å². The summed E-state index contributed by atoms with van der Waals surface area (Å²) < 4.78 is 0. The summed E-state index contributed by atoms with van der Waals surface area (Å²) in [5.74, 6) is 2.34. The third-order valence-corrected chi connectivity index (χ3v) is 5.39. The van der Waals surface area contributed by atoms with Crippen LogP contribution in [-0.4, -0.2) is 16.0 Å². The van der Waals surface area contributed by atoms with Crippen LogP contribution in [0.3, 0.4) is 0 Å². The summed E-state index contributed by atoms with van der Waals surface area (Å²) in [6, 6.07) is 16.4. The highest BCUT2D eigenvalue weighted by molar-refractivity contribution is 6.30. The van der Waals surface area contributed by atoms with Crippen molar-refractivity contribution in [1.29, 1.82) is 0 Å². The molecule has 1 aliphatic carbocycles. The van der Waals surface area contributed by atoms with Gasteiger partial charge in [-0.3, -0.25) is 0 Å². The van der Waals surface area contributed by atoms with Crippen LogP contribution in [-0.2, 0) is 0 Å². The molecule has 3 nitrogen and oxygen atoms in total. The van der Waals surface area contributed by atoms with Crippen LogP contribution in [0.25, 0.3) is 22.3 Å². The third kappa shape index (κ3) is 3.47. The fourth-order valence-electron chi connectivity index (χ4n) is 3.62. The minimum Gasteiger partial charge on any atom is -0.366 e. The molecule has 1 aliphatic rings. The Morgan fingerprint density at radius 1 is 0.960 bits per heavy atom. The first kappa shape index (κ1) is 16.3. The Morgan fingerprint density at radius 2 is 1.72 bits per heavy atom. The van der Waals surface area contributed by atoms with Crippen LogP contribution in [0.15, 0.2) is 48.5 Å². The average molecular weight is 352 g/mol. The molecule has 1 N–H and O–H groups in total. The van der Waals surface area contributed by atoms with Gasteiger partial charge in [0.05, 0.1) is 5.52 Å². The lowest BCUT2D eigenvalue weighted by molar-refractivity contribution is 0.349. The van der Waals surface area contributed by atoms with Crippen molar-refractivity contribution < 1.29 is 0 Å². The number of hydrogen-bond donors (Lipinski definition) is 1. The van der Waals surface area contributed by atoms with Gasteiger partial charge in [0.1, 0.15) is 5.82 Å². The second-order valence-corrected chi connectivity index (χ2v) is 7.37. The Balaban J connectivity index is 1.77. The second-order valence-electron chi connectivity index (χ2n) is 6.93. The highest BCUT2D eigenvalue weighted by Gasteiger charge is 2.22. The molecular formula is C21H22ClN3. The van der Waals surface area contributed by atoms with Crippen LogP contribution in [0.5, 0.6) is 0 Å². The molecule has 128 valence electrons. The van der Waals surface area contributed by atoms with Gasteiger partial charge in [0.25, 0.3) is 0 Å². The van der Waals surface area contributed by atoms with Gasteiger partial charge in [-0.1, -0.05) is 43.5 Å². The van der Waals surface area contributed by atoms with Crippen molar-refractivity contribution in [2.75, 3.05) is 5.32 Å². The van der Waals surface area contributed by atoms with Crippen molar-refractivity contribution in [2.45, 2.75) is 38.6 Å². The monoisotopic (exact) mass is 351 g/mol. The third-order valence-electron chi connectivity index (χ3n) is 5.14. The van der Waals surface area contributed by atoms with Crippen molar-refractivity contribution in [1.82, 2.24) is 9.97 Å². The van der Waals surface area contributed by atoms with Crippen molar-refractivity contribution in [3.8, 4) is 11.4 Å². The zero-order valence-corrected chi connectivity index (χ0v) is 15.1. The van der Waals surface area contributed by atoms with Crippen LogP contribution in [0.2, 0.25) is 5.02 Å². The standard InChI is InChI=1S/C21H22ClN3/c1-14-6-2-4-8-18(14)23-21-17-7-3-5-9-19(17)24-20(25-21)15-10-12-16(22)13-11-15/h3,5,7,9-14,18H,2,4,6,8H2,1H3,(H,23,24,25)/t14-,18+/m1/s1. The summed E-state index contributed by atoms with van der Waals surface area (Å²) in [5, 5.41) is 5.52. The molecule has 0 saturated heterocycles.